The van der Waals surface area contributed by atoms with Crippen molar-refractivity contribution >= 4 is 14.0 Å². The molecule has 0 spiro atoms. The summed E-state index contributed by atoms with van der Waals surface area (Å²) in [5.41, 5.74) is 4.58. The molecule has 0 aromatic heterocycles. The van der Waals surface area contributed by atoms with Crippen molar-refractivity contribution in [3.63, 3.8) is 0 Å². The number of ether oxygens (including phenoxy) is 1. The van der Waals surface area contributed by atoms with Gasteiger partial charge in [-0.25, -0.2) is 0 Å². The van der Waals surface area contributed by atoms with Crippen LogP contribution < -0.4 is 0 Å². The molecule has 0 aliphatic carbocycles. The fraction of sp³-hybridized carbons (Fsp3) is 0.333. The Bertz CT molecular complexity index is 1000. The van der Waals surface area contributed by atoms with E-state index < -0.39 is 8.32 Å². The van der Waals surface area contributed by atoms with E-state index in [2.05, 4.69) is 130 Å². The monoisotopic (exact) mass is 473 g/mol. The van der Waals surface area contributed by atoms with Crippen molar-refractivity contribution in [3.05, 3.63) is 114 Å². The molecule has 0 radical (unpaired) electrons. The van der Waals surface area contributed by atoms with Crippen LogP contribution in [0.1, 0.15) is 44.4 Å². The molecule has 0 fully saturated rings. The number of hydrogen-bond acceptors (Lipinski definition) is 3. The van der Waals surface area contributed by atoms with Crippen LogP contribution in [0.15, 0.2) is 96.9 Å². The van der Waals surface area contributed by atoms with Gasteiger partial charge in [0.15, 0.2) is 0 Å². The molecule has 3 rings (SSSR count). The van der Waals surface area contributed by atoms with Crippen molar-refractivity contribution in [2.24, 2.45) is 0 Å². The molecule has 4 heteroatoms. The number of rotatable bonds is 10. The Balaban J connectivity index is 2.18. The van der Waals surface area contributed by atoms with E-state index in [0.717, 1.165) is 24.4 Å². The molecule has 0 atom stereocenters. The summed E-state index contributed by atoms with van der Waals surface area (Å²) in [5, 5.41) is 0.0564. The summed E-state index contributed by atoms with van der Waals surface area (Å²) in [6.07, 6.45) is 0. The molecule has 34 heavy (non-hydrogen) atoms. The van der Waals surface area contributed by atoms with Crippen molar-refractivity contribution in [1.29, 1.82) is 0 Å². The zero-order valence-corrected chi connectivity index (χ0v) is 22.5. The Hall–Kier alpha value is -2.98. The Morgan fingerprint density at radius 1 is 0.735 bits per heavy atom. The summed E-state index contributed by atoms with van der Waals surface area (Å²) in [4.78, 5) is 2.39. The van der Waals surface area contributed by atoms with Crippen molar-refractivity contribution in [3.8, 4) is 0 Å². The molecule has 0 amide bonds. The highest BCUT2D eigenvalue weighted by Crippen LogP contribution is 2.40. The van der Waals surface area contributed by atoms with Crippen LogP contribution in [-0.4, -0.2) is 19.8 Å². The first kappa shape index (κ1) is 25.6. The van der Waals surface area contributed by atoms with Crippen LogP contribution in [0.2, 0.25) is 18.1 Å². The van der Waals surface area contributed by atoms with Gasteiger partial charge >= 0.3 is 0 Å². The van der Waals surface area contributed by atoms with Gasteiger partial charge in [0.05, 0.1) is 6.61 Å². The zero-order valence-electron chi connectivity index (χ0n) is 21.5. The van der Waals surface area contributed by atoms with Gasteiger partial charge in [-0.05, 0) is 36.2 Å². The van der Waals surface area contributed by atoms with Crippen molar-refractivity contribution in [1.82, 2.24) is 4.90 Å². The number of benzene rings is 3. The summed E-state index contributed by atoms with van der Waals surface area (Å²) in [6, 6.07) is 31.7. The first-order chi connectivity index (χ1) is 16.2. The standard InChI is InChI=1S/C30H39NO2Si/c1-7-32-29(33-34(5,6)30(2,3)4)28(27-21-15-10-16-22-27)31(23-25-17-11-8-12-18-25)24-26-19-13-9-14-20-26/h8-22H,7,23-24H2,1-6H3/b29-28-. The average molecular weight is 474 g/mol. The van der Waals surface area contributed by atoms with E-state index >= 15 is 0 Å². The highest BCUT2D eigenvalue weighted by atomic mass is 28.4. The molecule has 3 aromatic rings. The quantitative estimate of drug-likeness (QED) is 0.219. The Morgan fingerprint density at radius 2 is 1.18 bits per heavy atom. The van der Waals surface area contributed by atoms with Gasteiger partial charge in [-0.2, -0.15) is 0 Å². The Kier molecular flexibility index (Phi) is 8.62. The molecule has 180 valence electrons. The molecule has 0 heterocycles. The van der Waals surface area contributed by atoms with Gasteiger partial charge in [0, 0.05) is 18.7 Å². The molecular formula is C30H39NO2Si. The molecular weight excluding hydrogens is 434 g/mol. The third-order valence-corrected chi connectivity index (χ3v) is 10.7. The molecule has 3 aromatic carbocycles. The zero-order chi connectivity index (χ0) is 24.6. The maximum atomic E-state index is 6.87. The van der Waals surface area contributed by atoms with Gasteiger partial charge in [0.25, 0.3) is 14.3 Å². The minimum Gasteiger partial charge on any atom is -0.517 e. The van der Waals surface area contributed by atoms with Crippen LogP contribution in [-0.2, 0) is 22.3 Å². The smallest absolute Gasteiger partial charge is 0.290 e. The highest BCUT2D eigenvalue weighted by molar-refractivity contribution is 6.74. The van der Waals surface area contributed by atoms with E-state index in [1.807, 2.05) is 6.92 Å². The topological polar surface area (TPSA) is 21.7 Å². The molecule has 0 aliphatic rings. The predicted octanol–water partition coefficient (Wildman–Crippen LogP) is 8.07. The second-order valence-electron chi connectivity index (χ2n) is 10.1. The molecule has 3 nitrogen and oxygen atoms in total. The highest BCUT2D eigenvalue weighted by Gasteiger charge is 2.41. The summed E-state index contributed by atoms with van der Waals surface area (Å²) in [7, 11) is -2.14. The van der Waals surface area contributed by atoms with Crippen molar-refractivity contribution in [2.75, 3.05) is 6.61 Å². The molecule has 0 saturated heterocycles. The maximum absolute atomic E-state index is 6.87. The van der Waals surface area contributed by atoms with E-state index in [9.17, 15) is 0 Å². The normalized spacial score (nSPS) is 12.6. The first-order valence-corrected chi connectivity index (χ1v) is 15.1. The lowest BCUT2D eigenvalue weighted by molar-refractivity contribution is 0.103. The second-order valence-corrected chi connectivity index (χ2v) is 14.8. The van der Waals surface area contributed by atoms with E-state index in [-0.39, 0.29) is 5.04 Å². The van der Waals surface area contributed by atoms with Gasteiger partial charge in [0.1, 0.15) is 5.70 Å². The minimum absolute atomic E-state index is 0.0564. The third-order valence-electron chi connectivity index (χ3n) is 6.42. The fourth-order valence-electron chi connectivity index (χ4n) is 3.51. The minimum atomic E-state index is -2.14. The average Bonchev–Trinajstić information content (AvgIpc) is 2.80. The molecule has 0 N–H and O–H groups in total. The van der Waals surface area contributed by atoms with E-state index in [0.29, 0.717) is 12.6 Å². The SMILES string of the molecule is CCO/C(O[Si](C)(C)C(C)(C)C)=C(\c1ccccc1)N(Cc1ccccc1)Cc1ccccc1. The van der Waals surface area contributed by atoms with Crippen molar-refractivity contribution < 1.29 is 9.16 Å². The van der Waals surface area contributed by atoms with Crippen LogP contribution in [0.25, 0.3) is 5.70 Å². The maximum Gasteiger partial charge on any atom is 0.290 e. The van der Waals surface area contributed by atoms with E-state index in [4.69, 9.17) is 9.16 Å². The number of nitrogens with zero attached hydrogens (tertiary/aromatic N) is 1. The van der Waals surface area contributed by atoms with Gasteiger partial charge in [-0.15, -0.1) is 0 Å². The summed E-state index contributed by atoms with van der Waals surface area (Å²) in [6.45, 7) is 15.4. The van der Waals surface area contributed by atoms with Crippen molar-refractivity contribution in [2.45, 2.75) is 58.9 Å². The molecule has 0 aliphatic heterocycles. The molecule has 0 bridgehead atoms. The van der Waals surface area contributed by atoms with Gasteiger partial charge in [-0.1, -0.05) is 112 Å². The Morgan fingerprint density at radius 3 is 1.59 bits per heavy atom. The number of hydrogen-bond donors (Lipinski definition) is 0. The van der Waals surface area contributed by atoms with E-state index in [1.54, 1.807) is 0 Å². The fourth-order valence-corrected chi connectivity index (χ4v) is 4.43. The van der Waals surface area contributed by atoms with Gasteiger partial charge in [0.2, 0.25) is 0 Å². The van der Waals surface area contributed by atoms with Crippen LogP contribution in [0, 0.1) is 0 Å². The predicted molar refractivity (Wildman–Crippen MR) is 145 cm³/mol. The largest absolute Gasteiger partial charge is 0.517 e. The summed E-state index contributed by atoms with van der Waals surface area (Å²) < 4.78 is 13.2. The van der Waals surface area contributed by atoms with Crippen LogP contribution in [0.3, 0.4) is 0 Å². The second kappa shape index (κ2) is 11.4. The Labute approximate surface area is 207 Å². The molecule has 0 unspecified atom stereocenters. The summed E-state index contributed by atoms with van der Waals surface area (Å²) >= 11 is 0. The molecule has 0 saturated carbocycles. The lowest BCUT2D eigenvalue weighted by atomic mass is 10.1. The van der Waals surface area contributed by atoms with Crippen LogP contribution in [0.5, 0.6) is 0 Å². The van der Waals surface area contributed by atoms with E-state index in [1.165, 1.54) is 11.1 Å². The summed E-state index contributed by atoms with van der Waals surface area (Å²) in [5.74, 6) is 0.632. The lowest BCUT2D eigenvalue weighted by Crippen LogP contribution is -2.41. The van der Waals surface area contributed by atoms with Crippen LogP contribution in [0.4, 0.5) is 0 Å². The third kappa shape index (κ3) is 6.77. The van der Waals surface area contributed by atoms with Gasteiger partial charge in [-0.3, -0.25) is 0 Å². The van der Waals surface area contributed by atoms with Crippen LogP contribution >= 0.6 is 0 Å². The van der Waals surface area contributed by atoms with Gasteiger partial charge < -0.3 is 14.1 Å². The lowest BCUT2D eigenvalue weighted by Gasteiger charge is -2.38. The first-order valence-electron chi connectivity index (χ1n) is 12.2.